The van der Waals surface area contributed by atoms with Crippen molar-refractivity contribution in [3.05, 3.63) is 28.8 Å². The van der Waals surface area contributed by atoms with Crippen LogP contribution < -0.4 is 11.1 Å². The molecule has 2 rings (SSSR count). The standard InChI is InChI=1S/C16H26N2/c1-11-8-13(15(3,4)5)9-12(2)14(11)18-10-16(17)6-7-16/h8-9,18H,6-7,10,17H2,1-5H3. The summed E-state index contributed by atoms with van der Waals surface area (Å²) in [5.74, 6) is 0. The highest BCUT2D eigenvalue weighted by Gasteiger charge is 2.37. The topological polar surface area (TPSA) is 38.0 Å². The molecule has 2 nitrogen and oxygen atoms in total. The Hall–Kier alpha value is -1.02. The van der Waals surface area contributed by atoms with Crippen molar-refractivity contribution in [2.75, 3.05) is 11.9 Å². The Morgan fingerprint density at radius 3 is 2.06 bits per heavy atom. The summed E-state index contributed by atoms with van der Waals surface area (Å²) in [4.78, 5) is 0. The van der Waals surface area contributed by atoms with Crippen LogP contribution in [0, 0.1) is 13.8 Å². The molecular weight excluding hydrogens is 220 g/mol. The van der Waals surface area contributed by atoms with E-state index in [2.05, 4.69) is 52.1 Å². The fourth-order valence-electron chi connectivity index (χ4n) is 2.28. The van der Waals surface area contributed by atoms with Crippen molar-refractivity contribution in [1.29, 1.82) is 0 Å². The smallest absolute Gasteiger partial charge is 0.0400 e. The third-order valence-corrected chi connectivity index (χ3v) is 3.91. The third kappa shape index (κ3) is 2.86. The number of nitrogens with two attached hydrogens (primary N) is 1. The number of nitrogens with one attached hydrogen (secondary N) is 1. The van der Waals surface area contributed by atoms with Crippen molar-refractivity contribution >= 4 is 5.69 Å². The minimum absolute atomic E-state index is 0.0571. The summed E-state index contributed by atoms with van der Waals surface area (Å²) in [5.41, 5.74) is 11.7. The molecule has 0 saturated heterocycles. The molecule has 0 aliphatic heterocycles. The summed E-state index contributed by atoms with van der Waals surface area (Å²) in [6, 6.07) is 4.59. The maximum atomic E-state index is 6.13. The van der Waals surface area contributed by atoms with E-state index < -0.39 is 0 Å². The van der Waals surface area contributed by atoms with Gasteiger partial charge in [0.15, 0.2) is 0 Å². The average Bonchev–Trinajstić information content (AvgIpc) is 2.94. The van der Waals surface area contributed by atoms with Crippen LogP contribution in [0.25, 0.3) is 0 Å². The second-order valence-electron chi connectivity index (χ2n) is 6.95. The van der Waals surface area contributed by atoms with E-state index in [-0.39, 0.29) is 11.0 Å². The van der Waals surface area contributed by atoms with Crippen LogP contribution in [0.1, 0.15) is 50.3 Å². The van der Waals surface area contributed by atoms with E-state index in [4.69, 9.17) is 5.73 Å². The van der Waals surface area contributed by atoms with Crippen molar-refractivity contribution in [2.24, 2.45) is 5.73 Å². The van der Waals surface area contributed by atoms with Gasteiger partial charge in [-0.3, -0.25) is 0 Å². The molecule has 1 aromatic rings. The van der Waals surface area contributed by atoms with Gasteiger partial charge in [-0.25, -0.2) is 0 Å². The van der Waals surface area contributed by atoms with Gasteiger partial charge in [-0.15, -0.1) is 0 Å². The highest BCUT2D eigenvalue weighted by molar-refractivity contribution is 5.59. The SMILES string of the molecule is Cc1cc(C(C)(C)C)cc(C)c1NCC1(N)CC1. The van der Waals surface area contributed by atoms with Crippen molar-refractivity contribution in [1.82, 2.24) is 0 Å². The molecule has 0 radical (unpaired) electrons. The highest BCUT2D eigenvalue weighted by Crippen LogP contribution is 2.34. The second-order valence-corrected chi connectivity index (χ2v) is 6.95. The lowest BCUT2D eigenvalue weighted by molar-refractivity contribution is 0.589. The Balaban J connectivity index is 2.21. The van der Waals surface area contributed by atoms with Crippen LogP contribution in [-0.2, 0) is 5.41 Å². The highest BCUT2D eigenvalue weighted by atomic mass is 15.0. The van der Waals surface area contributed by atoms with E-state index >= 15 is 0 Å². The summed E-state index contributed by atoms with van der Waals surface area (Å²) < 4.78 is 0. The molecule has 1 aliphatic carbocycles. The molecule has 0 atom stereocenters. The van der Waals surface area contributed by atoms with E-state index in [9.17, 15) is 0 Å². The predicted octanol–water partition coefficient (Wildman–Crippen LogP) is 3.50. The van der Waals surface area contributed by atoms with Gasteiger partial charge in [0, 0.05) is 17.8 Å². The number of benzene rings is 1. The van der Waals surface area contributed by atoms with Crippen molar-refractivity contribution < 1.29 is 0 Å². The largest absolute Gasteiger partial charge is 0.383 e. The van der Waals surface area contributed by atoms with Crippen molar-refractivity contribution in [3.63, 3.8) is 0 Å². The molecule has 0 bridgehead atoms. The van der Waals surface area contributed by atoms with E-state index in [1.165, 1.54) is 22.4 Å². The van der Waals surface area contributed by atoms with Gasteiger partial charge in [-0.05, 0) is 48.8 Å². The average molecular weight is 246 g/mol. The number of hydrogen-bond acceptors (Lipinski definition) is 2. The van der Waals surface area contributed by atoms with Gasteiger partial charge in [0.2, 0.25) is 0 Å². The Kier molecular flexibility index (Phi) is 3.18. The maximum Gasteiger partial charge on any atom is 0.0400 e. The molecule has 3 N–H and O–H groups in total. The molecule has 1 aliphatic rings. The van der Waals surface area contributed by atoms with Crippen molar-refractivity contribution in [3.8, 4) is 0 Å². The second kappa shape index (κ2) is 4.27. The van der Waals surface area contributed by atoms with Gasteiger partial charge >= 0.3 is 0 Å². The Morgan fingerprint density at radius 2 is 1.67 bits per heavy atom. The molecule has 0 unspecified atom stereocenters. The fourth-order valence-corrected chi connectivity index (χ4v) is 2.28. The molecule has 1 saturated carbocycles. The summed E-state index contributed by atoms with van der Waals surface area (Å²) in [6.45, 7) is 12.0. The number of hydrogen-bond donors (Lipinski definition) is 2. The summed E-state index contributed by atoms with van der Waals surface area (Å²) in [6.07, 6.45) is 2.30. The molecule has 100 valence electrons. The van der Waals surface area contributed by atoms with Gasteiger partial charge < -0.3 is 11.1 Å². The molecule has 0 spiro atoms. The molecule has 0 amide bonds. The number of aryl methyl sites for hydroxylation is 2. The molecule has 1 aromatic carbocycles. The maximum absolute atomic E-state index is 6.13. The van der Waals surface area contributed by atoms with Gasteiger partial charge in [-0.1, -0.05) is 32.9 Å². The Morgan fingerprint density at radius 1 is 1.17 bits per heavy atom. The van der Waals surface area contributed by atoms with Crippen LogP contribution in [0.2, 0.25) is 0 Å². The van der Waals surface area contributed by atoms with Crippen LogP contribution in [0.4, 0.5) is 5.69 Å². The first-order valence-electron chi connectivity index (χ1n) is 6.86. The zero-order valence-electron chi connectivity index (χ0n) is 12.4. The van der Waals surface area contributed by atoms with E-state index in [0.29, 0.717) is 0 Å². The van der Waals surface area contributed by atoms with Gasteiger partial charge in [0.25, 0.3) is 0 Å². The molecule has 2 heteroatoms. The Labute approximate surface area is 111 Å². The Bertz CT molecular complexity index is 428. The van der Waals surface area contributed by atoms with Crippen molar-refractivity contribution in [2.45, 2.75) is 58.4 Å². The third-order valence-electron chi connectivity index (χ3n) is 3.91. The molecule has 1 fully saturated rings. The number of rotatable bonds is 3. The predicted molar refractivity (Wildman–Crippen MR) is 79.3 cm³/mol. The lowest BCUT2D eigenvalue weighted by atomic mass is 9.85. The van der Waals surface area contributed by atoms with Gasteiger partial charge in [0.05, 0.1) is 0 Å². The van der Waals surface area contributed by atoms with E-state index in [0.717, 1.165) is 19.4 Å². The zero-order chi connectivity index (χ0) is 13.6. The quantitative estimate of drug-likeness (QED) is 0.856. The lowest BCUT2D eigenvalue weighted by Crippen LogP contribution is -2.31. The molecular formula is C16H26N2. The monoisotopic (exact) mass is 246 g/mol. The summed E-state index contributed by atoms with van der Waals surface area (Å²) in [7, 11) is 0. The van der Waals surface area contributed by atoms with Crippen LogP contribution in [0.15, 0.2) is 12.1 Å². The van der Waals surface area contributed by atoms with E-state index in [1.54, 1.807) is 0 Å². The minimum atomic E-state index is 0.0571. The first-order valence-corrected chi connectivity index (χ1v) is 6.86. The molecule has 0 heterocycles. The summed E-state index contributed by atoms with van der Waals surface area (Å²) >= 11 is 0. The first kappa shape index (κ1) is 13.4. The first-order chi connectivity index (χ1) is 8.21. The van der Waals surface area contributed by atoms with Gasteiger partial charge in [-0.2, -0.15) is 0 Å². The normalized spacial score (nSPS) is 17.7. The van der Waals surface area contributed by atoms with Crippen LogP contribution in [0.3, 0.4) is 0 Å². The van der Waals surface area contributed by atoms with E-state index in [1.807, 2.05) is 0 Å². The fraction of sp³-hybridized carbons (Fsp3) is 0.625. The van der Waals surface area contributed by atoms with Gasteiger partial charge in [0.1, 0.15) is 0 Å². The number of anilines is 1. The lowest BCUT2D eigenvalue weighted by Gasteiger charge is -2.23. The van der Waals surface area contributed by atoms with Crippen LogP contribution in [-0.4, -0.2) is 12.1 Å². The van der Waals surface area contributed by atoms with Crippen LogP contribution >= 0.6 is 0 Å². The zero-order valence-corrected chi connectivity index (χ0v) is 12.4. The minimum Gasteiger partial charge on any atom is -0.383 e. The van der Waals surface area contributed by atoms with Crippen LogP contribution in [0.5, 0.6) is 0 Å². The molecule has 18 heavy (non-hydrogen) atoms. The summed E-state index contributed by atoms with van der Waals surface area (Å²) in [5, 5.41) is 3.54. The molecule has 0 aromatic heterocycles.